The Hall–Kier alpha value is -1.96. The summed E-state index contributed by atoms with van der Waals surface area (Å²) in [7, 11) is 0. The van der Waals surface area contributed by atoms with E-state index in [4.69, 9.17) is 5.26 Å². The fraction of sp³-hybridized carbons (Fsp3) is 0.273. The SMILES string of the molecule is CC(CC#N)NC(=O)c1ccc(F)cc1F. The van der Waals surface area contributed by atoms with Crippen molar-refractivity contribution < 1.29 is 13.6 Å². The Kier molecular flexibility index (Phi) is 3.95. The molecule has 0 spiro atoms. The summed E-state index contributed by atoms with van der Waals surface area (Å²) in [4.78, 5) is 11.5. The van der Waals surface area contributed by atoms with Crippen LogP contribution in [-0.2, 0) is 0 Å². The number of nitrogens with zero attached hydrogens (tertiary/aromatic N) is 1. The van der Waals surface area contributed by atoms with Crippen LogP contribution in [0.15, 0.2) is 18.2 Å². The molecule has 1 rings (SSSR count). The summed E-state index contributed by atoms with van der Waals surface area (Å²) < 4.78 is 25.8. The van der Waals surface area contributed by atoms with Crippen LogP contribution in [0.5, 0.6) is 0 Å². The maximum Gasteiger partial charge on any atom is 0.254 e. The highest BCUT2D eigenvalue weighted by atomic mass is 19.1. The van der Waals surface area contributed by atoms with Crippen LogP contribution in [0, 0.1) is 23.0 Å². The number of hydrogen-bond acceptors (Lipinski definition) is 2. The number of nitrogens with one attached hydrogen (secondary N) is 1. The number of benzene rings is 1. The molecular formula is C11H10F2N2O. The highest BCUT2D eigenvalue weighted by molar-refractivity contribution is 5.94. The number of amides is 1. The summed E-state index contributed by atoms with van der Waals surface area (Å²) in [6, 6.07) is 4.22. The summed E-state index contributed by atoms with van der Waals surface area (Å²) in [5.74, 6) is -2.30. The van der Waals surface area contributed by atoms with Gasteiger partial charge in [-0.25, -0.2) is 8.78 Å². The normalized spacial score (nSPS) is 11.6. The van der Waals surface area contributed by atoms with Crippen molar-refractivity contribution >= 4 is 5.91 Å². The number of carbonyl (C=O) groups excluding carboxylic acids is 1. The Labute approximate surface area is 91.7 Å². The molecule has 0 aromatic heterocycles. The minimum atomic E-state index is -0.915. The predicted molar refractivity (Wildman–Crippen MR) is 53.5 cm³/mol. The molecule has 0 saturated heterocycles. The number of carbonyl (C=O) groups is 1. The van der Waals surface area contributed by atoms with Gasteiger partial charge in [0.1, 0.15) is 11.6 Å². The van der Waals surface area contributed by atoms with Gasteiger partial charge in [-0.05, 0) is 19.1 Å². The number of hydrogen-bond donors (Lipinski definition) is 1. The lowest BCUT2D eigenvalue weighted by molar-refractivity contribution is 0.0936. The highest BCUT2D eigenvalue weighted by Gasteiger charge is 2.14. The molecule has 0 aliphatic rings. The topological polar surface area (TPSA) is 52.9 Å². The molecule has 16 heavy (non-hydrogen) atoms. The van der Waals surface area contributed by atoms with E-state index in [2.05, 4.69) is 5.32 Å². The number of rotatable bonds is 3. The minimum Gasteiger partial charge on any atom is -0.348 e. The van der Waals surface area contributed by atoms with E-state index < -0.39 is 17.5 Å². The zero-order valence-corrected chi connectivity index (χ0v) is 8.63. The van der Waals surface area contributed by atoms with Gasteiger partial charge in [0.15, 0.2) is 0 Å². The smallest absolute Gasteiger partial charge is 0.254 e. The molecule has 0 heterocycles. The van der Waals surface area contributed by atoms with Crippen molar-refractivity contribution in [3.63, 3.8) is 0 Å². The van der Waals surface area contributed by atoms with Crippen LogP contribution in [0.2, 0.25) is 0 Å². The molecule has 1 unspecified atom stereocenters. The fourth-order valence-corrected chi connectivity index (χ4v) is 1.16. The van der Waals surface area contributed by atoms with E-state index >= 15 is 0 Å². The van der Waals surface area contributed by atoms with Crippen molar-refractivity contribution in [2.75, 3.05) is 0 Å². The first-order chi connectivity index (χ1) is 7.54. The van der Waals surface area contributed by atoms with Gasteiger partial charge < -0.3 is 5.32 Å². The van der Waals surface area contributed by atoms with E-state index in [1.807, 2.05) is 6.07 Å². The van der Waals surface area contributed by atoms with Crippen molar-refractivity contribution in [2.24, 2.45) is 0 Å². The van der Waals surface area contributed by atoms with E-state index in [9.17, 15) is 13.6 Å². The Morgan fingerprint density at radius 3 is 2.81 bits per heavy atom. The van der Waals surface area contributed by atoms with Crippen LogP contribution in [0.4, 0.5) is 8.78 Å². The molecule has 1 aromatic carbocycles. The van der Waals surface area contributed by atoms with Crippen molar-refractivity contribution in [2.45, 2.75) is 19.4 Å². The largest absolute Gasteiger partial charge is 0.348 e. The zero-order valence-electron chi connectivity index (χ0n) is 8.63. The Bertz CT molecular complexity index is 440. The maximum absolute atomic E-state index is 13.2. The summed E-state index contributed by atoms with van der Waals surface area (Å²) in [6.45, 7) is 1.63. The Balaban J connectivity index is 2.78. The van der Waals surface area contributed by atoms with Crippen molar-refractivity contribution in [3.8, 4) is 6.07 Å². The lowest BCUT2D eigenvalue weighted by atomic mass is 10.1. The van der Waals surface area contributed by atoms with E-state index in [0.717, 1.165) is 12.1 Å². The van der Waals surface area contributed by atoms with Crippen LogP contribution >= 0.6 is 0 Å². The average molecular weight is 224 g/mol. The first-order valence-corrected chi connectivity index (χ1v) is 4.67. The lowest BCUT2D eigenvalue weighted by Crippen LogP contribution is -2.32. The van der Waals surface area contributed by atoms with Gasteiger partial charge in [-0.3, -0.25) is 4.79 Å². The van der Waals surface area contributed by atoms with Gasteiger partial charge in [0.05, 0.1) is 18.1 Å². The zero-order chi connectivity index (χ0) is 12.1. The van der Waals surface area contributed by atoms with Crippen LogP contribution in [-0.4, -0.2) is 11.9 Å². The average Bonchev–Trinajstić information content (AvgIpc) is 2.17. The van der Waals surface area contributed by atoms with E-state index in [1.165, 1.54) is 0 Å². The molecule has 1 N–H and O–H groups in total. The molecule has 1 atom stereocenters. The van der Waals surface area contributed by atoms with Crippen molar-refractivity contribution in [3.05, 3.63) is 35.4 Å². The van der Waals surface area contributed by atoms with Gasteiger partial charge in [-0.2, -0.15) is 5.26 Å². The third kappa shape index (κ3) is 3.02. The minimum absolute atomic E-state index is 0.133. The van der Waals surface area contributed by atoms with Crippen LogP contribution in [0.1, 0.15) is 23.7 Å². The molecule has 5 heteroatoms. The maximum atomic E-state index is 13.2. The van der Waals surface area contributed by atoms with Gasteiger partial charge >= 0.3 is 0 Å². The second-order valence-electron chi connectivity index (χ2n) is 3.36. The molecule has 0 aliphatic carbocycles. The first-order valence-electron chi connectivity index (χ1n) is 4.67. The van der Waals surface area contributed by atoms with E-state index in [1.54, 1.807) is 6.92 Å². The number of nitriles is 1. The monoisotopic (exact) mass is 224 g/mol. The number of halogens is 2. The van der Waals surface area contributed by atoms with Gasteiger partial charge in [0, 0.05) is 12.1 Å². The van der Waals surface area contributed by atoms with Crippen molar-refractivity contribution in [1.29, 1.82) is 5.26 Å². The highest BCUT2D eigenvalue weighted by Crippen LogP contribution is 2.09. The molecule has 0 radical (unpaired) electrons. The molecule has 0 aliphatic heterocycles. The fourth-order valence-electron chi connectivity index (χ4n) is 1.16. The molecule has 1 aromatic rings. The molecule has 0 saturated carbocycles. The van der Waals surface area contributed by atoms with Gasteiger partial charge in [0.2, 0.25) is 0 Å². The standard InChI is InChI=1S/C11H10F2N2O/c1-7(4-5-14)15-11(16)9-3-2-8(12)6-10(9)13/h2-3,6-7H,4H2,1H3,(H,15,16). The second-order valence-corrected chi connectivity index (χ2v) is 3.36. The second kappa shape index (κ2) is 5.21. The molecule has 84 valence electrons. The summed E-state index contributed by atoms with van der Waals surface area (Å²) in [5.41, 5.74) is -0.230. The molecule has 0 bridgehead atoms. The van der Waals surface area contributed by atoms with Gasteiger partial charge in [-0.1, -0.05) is 0 Å². The van der Waals surface area contributed by atoms with E-state index in [0.29, 0.717) is 6.07 Å². The Morgan fingerprint density at radius 1 is 1.56 bits per heavy atom. The van der Waals surface area contributed by atoms with Crippen molar-refractivity contribution in [1.82, 2.24) is 5.32 Å². The molecular weight excluding hydrogens is 214 g/mol. The first kappa shape index (κ1) is 12.1. The summed E-state index contributed by atoms with van der Waals surface area (Å²) in [6.07, 6.45) is 0.133. The van der Waals surface area contributed by atoms with Gasteiger partial charge in [0.25, 0.3) is 5.91 Å². The molecule has 1 amide bonds. The predicted octanol–water partition coefficient (Wildman–Crippen LogP) is 2.00. The van der Waals surface area contributed by atoms with Crippen LogP contribution in [0.3, 0.4) is 0 Å². The van der Waals surface area contributed by atoms with Crippen LogP contribution in [0.25, 0.3) is 0 Å². The third-order valence-electron chi connectivity index (χ3n) is 1.95. The van der Waals surface area contributed by atoms with Gasteiger partial charge in [-0.15, -0.1) is 0 Å². The lowest BCUT2D eigenvalue weighted by Gasteiger charge is -2.10. The molecule has 0 fully saturated rings. The quantitative estimate of drug-likeness (QED) is 0.853. The van der Waals surface area contributed by atoms with E-state index in [-0.39, 0.29) is 18.0 Å². The summed E-state index contributed by atoms with van der Waals surface area (Å²) in [5, 5.41) is 10.8. The summed E-state index contributed by atoms with van der Waals surface area (Å²) >= 11 is 0. The molecule has 3 nitrogen and oxygen atoms in total. The third-order valence-corrected chi connectivity index (χ3v) is 1.95. The Morgan fingerprint density at radius 2 is 2.25 bits per heavy atom. The van der Waals surface area contributed by atoms with Crippen LogP contribution < -0.4 is 5.32 Å².